The van der Waals surface area contributed by atoms with E-state index in [-0.39, 0.29) is 17.7 Å². The summed E-state index contributed by atoms with van der Waals surface area (Å²) in [6.07, 6.45) is 1.82. The summed E-state index contributed by atoms with van der Waals surface area (Å²) in [5, 5.41) is 2.67. The Bertz CT molecular complexity index is 848. The fourth-order valence-electron chi connectivity index (χ4n) is 3.52. The predicted molar refractivity (Wildman–Crippen MR) is 108 cm³/mol. The van der Waals surface area contributed by atoms with Crippen molar-refractivity contribution in [3.05, 3.63) is 40.4 Å². The lowest BCUT2D eigenvalue weighted by Gasteiger charge is -2.30. The molecule has 1 saturated heterocycles. The van der Waals surface area contributed by atoms with Crippen LogP contribution in [0, 0.1) is 19.8 Å². The Morgan fingerprint density at radius 3 is 2.85 bits per heavy atom. The molecule has 144 valence electrons. The highest BCUT2D eigenvalue weighted by Gasteiger charge is 2.25. The Labute approximate surface area is 164 Å². The van der Waals surface area contributed by atoms with Gasteiger partial charge in [-0.3, -0.25) is 19.4 Å². The van der Waals surface area contributed by atoms with Gasteiger partial charge in [0.05, 0.1) is 17.3 Å². The van der Waals surface area contributed by atoms with Crippen LogP contribution in [0.3, 0.4) is 0 Å². The van der Waals surface area contributed by atoms with Crippen LogP contribution in [0.5, 0.6) is 0 Å². The second kappa shape index (κ2) is 8.19. The van der Waals surface area contributed by atoms with Crippen LogP contribution < -0.4 is 10.6 Å². The van der Waals surface area contributed by atoms with Crippen LogP contribution >= 0.6 is 11.3 Å². The van der Waals surface area contributed by atoms with Crippen molar-refractivity contribution in [1.82, 2.24) is 9.88 Å². The van der Waals surface area contributed by atoms with Crippen LogP contribution in [0.2, 0.25) is 0 Å². The number of amides is 2. The zero-order chi connectivity index (χ0) is 19.6. The largest absolute Gasteiger partial charge is 0.369 e. The average molecular weight is 387 g/mol. The molecule has 1 aromatic heterocycles. The molecule has 27 heavy (non-hydrogen) atoms. The third-order valence-electron chi connectivity index (χ3n) is 5.16. The molecule has 2 aromatic rings. The lowest BCUT2D eigenvalue weighted by molar-refractivity contribution is -0.123. The molecule has 0 unspecified atom stereocenters. The summed E-state index contributed by atoms with van der Waals surface area (Å²) in [4.78, 5) is 32.4. The Hall–Kier alpha value is -2.25. The van der Waals surface area contributed by atoms with E-state index in [0.29, 0.717) is 18.2 Å². The van der Waals surface area contributed by atoms with Gasteiger partial charge in [-0.1, -0.05) is 12.1 Å². The molecule has 1 atom stereocenters. The summed E-state index contributed by atoms with van der Waals surface area (Å²) in [5.41, 5.74) is 9.47. The number of nitrogens with zero attached hydrogens (tertiary/aromatic N) is 3. The fourth-order valence-corrected chi connectivity index (χ4v) is 4.39. The Balaban J connectivity index is 1.79. The smallest absolute Gasteiger partial charge is 0.230 e. The molecule has 0 saturated carbocycles. The second-order valence-corrected chi connectivity index (χ2v) is 8.01. The number of piperidine rings is 1. The van der Waals surface area contributed by atoms with E-state index in [9.17, 15) is 9.59 Å². The van der Waals surface area contributed by atoms with Crippen LogP contribution in [-0.2, 0) is 16.1 Å². The minimum atomic E-state index is -0.226. The number of carbonyl (C=O) groups excluding carboxylic acids is 2. The predicted octanol–water partition coefficient (Wildman–Crippen LogP) is 3.14. The van der Waals surface area contributed by atoms with Crippen molar-refractivity contribution in [2.24, 2.45) is 11.7 Å². The van der Waals surface area contributed by atoms with Crippen molar-refractivity contribution in [3.63, 3.8) is 0 Å². The summed E-state index contributed by atoms with van der Waals surface area (Å²) >= 11 is 1.47. The molecule has 7 heteroatoms. The lowest BCUT2D eigenvalue weighted by atomic mass is 9.97. The summed E-state index contributed by atoms with van der Waals surface area (Å²) in [6.45, 7) is 7.90. The number of benzene rings is 1. The van der Waals surface area contributed by atoms with Gasteiger partial charge in [-0.25, -0.2) is 4.98 Å². The van der Waals surface area contributed by atoms with Gasteiger partial charge in [-0.05, 0) is 50.4 Å². The summed E-state index contributed by atoms with van der Waals surface area (Å²) in [7, 11) is 0. The zero-order valence-electron chi connectivity index (χ0n) is 16.1. The maximum atomic E-state index is 12.4. The van der Waals surface area contributed by atoms with Crippen molar-refractivity contribution in [2.75, 3.05) is 18.0 Å². The number of primary amides is 1. The molecule has 1 aromatic carbocycles. The van der Waals surface area contributed by atoms with Crippen LogP contribution in [-0.4, -0.2) is 34.8 Å². The number of nitrogens with two attached hydrogens (primary N) is 1. The highest BCUT2D eigenvalue weighted by Crippen LogP contribution is 2.32. The molecular formula is C20H26N4O2S. The van der Waals surface area contributed by atoms with Gasteiger partial charge in [0.2, 0.25) is 11.8 Å². The minimum Gasteiger partial charge on any atom is -0.369 e. The molecule has 0 aliphatic carbocycles. The van der Waals surface area contributed by atoms with E-state index in [4.69, 9.17) is 10.7 Å². The van der Waals surface area contributed by atoms with Gasteiger partial charge in [-0.2, -0.15) is 0 Å². The van der Waals surface area contributed by atoms with E-state index < -0.39 is 0 Å². The Kier molecular flexibility index (Phi) is 5.92. The average Bonchev–Trinajstić information content (AvgIpc) is 3.06. The standard InChI is InChI=1S/C20H26N4O2S/c1-13-6-4-8-18(14(13)2)24(15(3)25)20-22-17(12-27-20)11-23-9-5-7-16(10-23)19(21)26/h4,6,8,12,16H,5,7,9-11H2,1-3H3,(H2,21,26)/t16-/m1/s1. The van der Waals surface area contributed by atoms with Gasteiger partial charge in [0.25, 0.3) is 0 Å². The number of anilines is 2. The number of likely N-dealkylation sites (tertiary alicyclic amines) is 1. The first-order chi connectivity index (χ1) is 12.9. The molecule has 0 radical (unpaired) electrons. The first-order valence-corrected chi connectivity index (χ1v) is 10.1. The molecule has 2 amide bonds. The molecule has 2 N–H and O–H groups in total. The molecule has 1 aliphatic heterocycles. The van der Waals surface area contributed by atoms with E-state index in [1.54, 1.807) is 11.8 Å². The number of aromatic nitrogens is 1. The monoisotopic (exact) mass is 386 g/mol. The van der Waals surface area contributed by atoms with Gasteiger partial charge < -0.3 is 5.73 Å². The molecule has 2 heterocycles. The van der Waals surface area contributed by atoms with Crippen molar-refractivity contribution in [2.45, 2.75) is 40.2 Å². The Morgan fingerprint density at radius 1 is 1.37 bits per heavy atom. The van der Waals surface area contributed by atoms with Crippen molar-refractivity contribution < 1.29 is 9.59 Å². The number of hydrogen-bond acceptors (Lipinski definition) is 5. The summed E-state index contributed by atoms with van der Waals surface area (Å²) in [6, 6.07) is 5.95. The van der Waals surface area contributed by atoms with Gasteiger partial charge in [0.1, 0.15) is 0 Å². The van der Waals surface area contributed by atoms with E-state index >= 15 is 0 Å². The van der Waals surface area contributed by atoms with Crippen LogP contribution in [0.1, 0.15) is 36.6 Å². The first kappa shape index (κ1) is 19.5. The van der Waals surface area contributed by atoms with E-state index in [2.05, 4.69) is 4.90 Å². The zero-order valence-corrected chi connectivity index (χ0v) is 16.9. The van der Waals surface area contributed by atoms with E-state index in [0.717, 1.165) is 41.9 Å². The number of thiazole rings is 1. The molecule has 6 nitrogen and oxygen atoms in total. The topological polar surface area (TPSA) is 79.5 Å². The van der Waals surface area contributed by atoms with Crippen molar-refractivity contribution >= 4 is 34.0 Å². The maximum Gasteiger partial charge on any atom is 0.230 e. The van der Waals surface area contributed by atoms with Crippen LogP contribution in [0.25, 0.3) is 0 Å². The molecule has 1 aliphatic rings. The van der Waals surface area contributed by atoms with Gasteiger partial charge >= 0.3 is 0 Å². The molecular weight excluding hydrogens is 360 g/mol. The molecule has 0 bridgehead atoms. The lowest BCUT2D eigenvalue weighted by Crippen LogP contribution is -2.40. The van der Waals surface area contributed by atoms with Gasteiger partial charge in [0, 0.05) is 25.4 Å². The van der Waals surface area contributed by atoms with Crippen LogP contribution in [0.15, 0.2) is 23.6 Å². The minimum absolute atomic E-state index is 0.0589. The van der Waals surface area contributed by atoms with E-state index in [1.165, 1.54) is 11.3 Å². The van der Waals surface area contributed by atoms with E-state index in [1.807, 2.05) is 37.4 Å². The SMILES string of the molecule is CC(=O)N(c1nc(CN2CCC[C@@H](C(N)=O)C2)cs1)c1cccc(C)c1C. The highest BCUT2D eigenvalue weighted by atomic mass is 32.1. The summed E-state index contributed by atoms with van der Waals surface area (Å²) < 4.78 is 0. The van der Waals surface area contributed by atoms with Crippen LogP contribution in [0.4, 0.5) is 10.8 Å². The normalized spacial score (nSPS) is 17.7. The number of rotatable bonds is 5. The third-order valence-corrected chi connectivity index (χ3v) is 6.03. The fraction of sp³-hybridized carbons (Fsp3) is 0.450. The number of aryl methyl sites for hydroxylation is 1. The van der Waals surface area contributed by atoms with Gasteiger partial charge in [0.15, 0.2) is 5.13 Å². The molecule has 3 rings (SSSR count). The highest BCUT2D eigenvalue weighted by molar-refractivity contribution is 7.14. The second-order valence-electron chi connectivity index (χ2n) is 7.17. The number of hydrogen-bond donors (Lipinski definition) is 1. The number of carbonyl (C=O) groups is 2. The van der Waals surface area contributed by atoms with Gasteiger partial charge in [-0.15, -0.1) is 11.3 Å². The quantitative estimate of drug-likeness (QED) is 0.856. The molecule has 0 spiro atoms. The Morgan fingerprint density at radius 2 is 2.15 bits per heavy atom. The third kappa shape index (κ3) is 4.36. The summed E-state index contributed by atoms with van der Waals surface area (Å²) in [5.74, 6) is -0.367. The first-order valence-electron chi connectivity index (χ1n) is 9.19. The van der Waals surface area contributed by atoms with Crippen molar-refractivity contribution in [1.29, 1.82) is 0 Å². The molecule has 1 fully saturated rings. The maximum absolute atomic E-state index is 12.4. The van der Waals surface area contributed by atoms with Crippen molar-refractivity contribution in [3.8, 4) is 0 Å².